The van der Waals surface area contributed by atoms with E-state index in [1.165, 1.54) is 17.1 Å². The summed E-state index contributed by atoms with van der Waals surface area (Å²) in [5.41, 5.74) is 1.07. The highest BCUT2D eigenvalue weighted by atomic mass is 32.2. The molecule has 0 bridgehead atoms. The number of hydrogen-bond donors (Lipinski definition) is 1. The first kappa shape index (κ1) is 22.9. The topological polar surface area (TPSA) is 84.4 Å². The van der Waals surface area contributed by atoms with E-state index in [4.69, 9.17) is 4.12 Å². The van der Waals surface area contributed by atoms with E-state index in [0.29, 0.717) is 6.54 Å². The Kier molecular flexibility index (Phi) is 8.13. The number of imide groups is 1. The molecule has 2 heterocycles. The van der Waals surface area contributed by atoms with Crippen LogP contribution in [0, 0.1) is 0 Å². The molecular formula is C18H30N4O3SSi2. The fourth-order valence-corrected chi connectivity index (χ4v) is 13.4. The Labute approximate surface area is 173 Å². The molecule has 154 valence electrons. The number of thioether (sulfide) groups is 1. The predicted molar refractivity (Wildman–Crippen MR) is 117 cm³/mol. The van der Waals surface area contributed by atoms with E-state index in [1.54, 1.807) is 11.8 Å². The Bertz CT molecular complexity index is 708. The van der Waals surface area contributed by atoms with E-state index in [-0.39, 0.29) is 11.8 Å². The third-order valence-electron chi connectivity index (χ3n) is 4.23. The van der Waals surface area contributed by atoms with Crippen LogP contribution >= 0.6 is 11.8 Å². The smallest absolute Gasteiger partial charge is 0.253 e. The van der Waals surface area contributed by atoms with Gasteiger partial charge in [-0.2, -0.15) is 0 Å². The number of carbonyl (C=O) groups is 2. The maximum absolute atomic E-state index is 11.6. The van der Waals surface area contributed by atoms with E-state index in [9.17, 15) is 9.59 Å². The molecule has 1 N–H and O–H groups in total. The molecule has 0 fully saturated rings. The maximum atomic E-state index is 11.6. The molecule has 1 aromatic rings. The molecular weight excluding hydrogens is 408 g/mol. The molecule has 0 atom stereocenters. The standard InChI is InChI=1S/C18H30N4O3SSi2/c1-19-11-15-12-20-18(21-13-15)26-14-28(4,5)25-27(2,3)10-6-9-22-16(23)7-8-17(22)24/h7-8,12-13,19H,6,9-11,14H2,1-5H3. The molecule has 2 rings (SSSR count). The minimum atomic E-state index is -1.89. The van der Waals surface area contributed by atoms with Gasteiger partial charge < -0.3 is 9.43 Å². The van der Waals surface area contributed by atoms with Gasteiger partial charge in [0.1, 0.15) is 0 Å². The number of carbonyl (C=O) groups excluding carboxylic acids is 2. The monoisotopic (exact) mass is 438 g/mol. The summed E-state index contributed by atoms with van der Waals surface area (Å²) in [6, 6.07) is 0.917. The Morgan fingerprint density at radius 2 is 1.68 bits per heavy atom. The van der Waals surface area contributed by atoms with Crippen molar-refractivity contribution in [1.82, 2.24) is 20.2 Å². The zero-order valence-electron chi connectivity index (χ0n) is 17.3. The molecule has 0 radical (unpaired) electrons. The molecule has 7 nitrogen and oxygen atoms in total. The van der Waals surface area contributed by atoms with Gasteiger partial charge in [0.2, 0.25) is 0 Å². The van der Waals surface area contributed by atoms with E-state index in [1.807, 2.05) is 19.4 Å². The molecule has 0 saturated carbocycles. The molecule has 10 heteroatoms. The third kappa shape index (κ3) is 7.24. The van der Waals surface area contributed by atoms with Gasteiger partial charge >= 0.3 is 0 Å². The summed E-state index contributed by atoms with van der Waals surface area (Å²) in [5, 5.41) is 4.76. The number of aromatic nitrogens is 2. The quantitative estimate of drug-likeness (QED) is 0.246. The van der Waals surface area contributed by atoms with Crippen LogP contribution in [0.2, 0.25) is 32.2 Å². The highest BCUT2D eigenvalue weighted by molar-refractivity contribution is 8.00. The normalized spacial score (nSPS) is 15.0. The molecule has 0 aliphatic carbocycles. The summed E-state index contributed by atoms with van der Waals surface area (Å²) < 4.78 is 6.62. The van der Waals surface area contributed by atoms with Crippen molar-refractivity contribution in [2.24, 2.45) is 0 Å². The van der Waals surface area contributed by atoms with Gasteiger partial charge in [-0.3, -0.25) is 14.5 Å². The lowest BCUT2D eigenvalue weighted by Crippen LogP contribution is -2.46. The van der Waals surface area contributed by atoms with Crippen LogP contribution in [-0.2, 0) is 20.2 Å². The van der Waals surface area contributed by atoms with Crippen molar-refractivity contribution >= 4 is 40.2 Å². The van der Waals surface area contributed by atoms with Crippen LogP contribution in [0.4, 0.5) is 0 Å². The number of hydrogen-bond acceptors (Lipinski definition) is 7. The molecule has 0 spiro atoms. The van der Waals surface area contributed by atoms with Crippen molar-refractivity contribution in [3.05, 3.63) is 30.1 Å². The van der Waals surface area contributed by atoms with Crippen molar-refractivity contribution in [3.8, 4) is 0 Å². The van der Waals surface area contributed by atoms with Crippen LogP contribution < -0.4 is 5.32 Å². The summed E-state index contributed by atoms with van der Waals surface area (Å²) in [7, 11) is -1.87. The summed E-state index contributed by atoms with van der Waals surface area (Å²) in [4.78, 5) is 33.4. The summed E-state index contributed by atoms with van der Waals surface area (Å²) in [6.07, 6.45) is 7.17. The number of amides is 2. The van der Waals surface area contributed by atoms with Crippen molar-refractivity contribution in [1.29, 1.82) is 0 Å². The number of nitrogens with one attached hydrogen (secondary N) is 1. The molecule has 0 unspecified atom stereocenters. The van der Waals surface area contributed by atoms with Crippen LogP contribution in [0.1, 0.15) is 12.0 Å². The van der Waals surface area contributed by atoms with Gasteiger partial charge in [-0.15, -0.1) is 0 Å². The summed E-state index contributed by atoms with van der Waals surface area (Å²) in [5.74, 6) is -0.422. The van der Waals surface area contributed by atoms with Gasteiger partial charge in [-0.25, -0.2) is 9.97 Å². The van der Waals surface area contributed by atoms with Gasteiger partial charge in [-0.1, -0.05) is 11.8 Å². The highest BCUT2D eigenvalue weighted by Crippen LogP contribution is 2.25. The molecule has 1 aliphatic rings. The van der Waals surface area contributed by atoms with Gasteiger partial charge in [0.15, 0.2) is 21.8 Å². The Balaban J connectivity index is 1.78. The molecule has 2 amide bonds. The lowest BCUT2D eigenvalue weighted by Gasteiger charge is -2.34. The molecule has 1 aliphatic heterocycles. The average molecular weight is 439 g/mol. The summed E-state index contributed by atoms with van der Waals surface area (Å²) in [6.45, 7) is 10.1. The Hall–Kier alpha value is -1.34. The number of rotatable bonds is 11. The largest absolute Gasteiger partial charge is 0.455 e. The van der Waals surface area contributed by atoms with Crippen molar-refractivity contribution < 1.29 is 13.7 Å². The van der Waals surface area contributed by atoms with Gasteiger partial charge in [0.05, 0.1) is 0 Å². The second-order valence-corrected chi connectivity index (χ2v) is 18.2. The minimum absolute atomic E-state index is 0.211. The van der Waals surface area contributed by atoms with E-state index in [0.717, 1.165) is 35.1 Å². The Morgan fingerprint density at radius 1 is 1.07 bits per heavy atom. The van der Waals surface area contributed by atoms with Crippen LogP contribution in [0.5, 0.6) is 0 Å². The van der Waals surface area contributed by atoms with Crippen molar-refractivity contribution in [2.45, 2.75) is 50.4 Å². The van der Waals surface area contributed by atoms with Crippen LogP contribution in [0.25, 0.3) is 0 Å². The highest BCUT2D eigenvalue weighted by Gasteiger charge is 2.33. The van der Waals surface area contributed by atoms with Crippen molar-refractivity contribution in [3.63, 3.8) is 0 Å². The second kappa shape index (κ2) is 9.92. The lowest BCUT2D eigenvalue weighted by atomic mass is 10.3. The first-order valence-corrected chi connectivity index (χ1v) is 16.7. The third-order valence-corrected chi connectivity index (χ3v) is 14.0. The van der Waals surface area contributed by atoms with Crippen LogP contribution in [0.15, 0.2) is 29.7 Å². The van der Waals surface area contributed by atoms with E-state index < -0.39 is 16.6 Å². The zero-order valence-corrected chi connectivity index (χ0v) is 20.1. The molecule has 1 aromatic heterocycles. The second-order valence-electron chi connectivity index (χ2n) is 8.08. The van der Waals surface area contributed by atoms with Gasteiger partial charge in [0.25, 0.3) is 11.8 Å². The average Bonchev–Trinajstić information content (AvgIpc) is 2.92. The first-order chi connectivity index (χ1) is 13.1. The fraction of sp³-hybridized carbons (Fsp3) is 0.556. The first-order valence-electron chi connectivity index (χ1n) is 9.44. The number of nitrogens with zero attached hydrogens (tertiary/aromatic N) is 3. The molecule has 28 heavy (non-hydrogen) atoms. The van der Waals surface area contributed by atoms with Crippen LogP contribution in [-0.4, -0.2) is 62.3 Å². The minimum Gasteiger partial charge on any atom is -0.455 e. The lowest BCUT2D eigenvalue weighted by molar-refractivity contribution is -0.136. The zero-order chi connectivity index (χ0) is 20.8. The van der Waals surface area contributed by atoms with E-state index >= 15 is 0 Å². The van der Waals surface area contributed by atoms with Gasteiger partial charge in [0, 0.05) is 48.6 Å². The van der Waals surface area contributed by atoms with Gasteiger partial charge in [-0.05, 0) is 45.7 Å². The predicted octanol–water partition coefficient (Wildman–Crippen LogP) is 2.57. The van der Waals surface area contributed by atoms with Crippen LogP contribution in [0.3, 0.4) is 0 Å². The molecule has 0 saturated heterocycles. The van der Waals surface area contributed by atoms with E-state index in [2.05, 4.69) is 41.5 Å². The van der Waals surface area contributed by atoms with Crippen molar-refractivity contribution in [2.75, 3.05) is 19.0 Å². The maximum Gasteiger partial charge on any atom is 0.253 e. The summed E-state index contributed by atoms with van der Waals surface area (Å²) >= 11 is 1.65. The molecule has 0 aromatic carbocycles. The fourth-order valence-electron chi connectivity index (χ4n) is 3.09. The SMILES string of the molecule is CNCc1cnc(SC[Si](C)(C)O[Si](C)(C)CCCN2C(=O)C=CC2=O)nc1. The Morgan fingerprint density at radius 3 is 2.25 bits per heavy atom.